The topological polar surface area (TPSA) is 72.6 Å². The van der Waals surface area contributed by atoms with Gasteiger partial charge in [-0.2, -0.15) is 4.31 Å². The number of fused-ring (bicyclic) bond motifs is 1. The van der Waals surface area contributed by atoms with E-state index in [1.54, 1.807) is 25.3 Å². The smallest absolute Gasteiger partial charge is 0.249 e. The van der Waals surface area contributed by atoms with Crippen LogP contribution in [0.25, 0.3) is 0 Å². The van der Waals surface area contributed by atoms with Crippen LogP contribution in [0.3, 0.4) is 0 Å². The maximum absolute atomic E-state index is 13.6. The summed E-state index contributed by atoms with van der Waals surface area (Å²) in [5.41, 5.74) is 3.36. The highest BCUT2D eigenvalue weighted by Gasteiger charge is 2.40. The Morgan fingerprint density at radius 2 is 1.89 bits per heavy atom. The van der Waals surface area contributed by atoms with Crippen molar-refractivity contribution >= 4 is 10.0 Å². The number of aromatic nitrogens is 1. The fourth-order valence-electron chi connectivity index (χ4n) is 3.91. The molecule has 1 aliphatic rings. The number of nitrogens with zero attached hydrogens (tertiary/aromatic N) is 2. The van der Waals surface area contributed by atoms with E-state index in [2.05, 4.69) is 5.16 Å². The van der Waals surface area contributed by atoms with E-state index in [-0.39, 0.29) is 4.90 Å². The molecule has 2 heterocycles. The molecule has 0 spiro atoms. The number of benzene rings is 2. The van der Waals surface area contributed by atoms with Crippen molar-refractivity contribution < 1.29 is 17.7 Å². The third-order valence-corrected chi connectivity index (χ3v) is 7.29. The molecule has 0 radical (unpaired) electrons. The largest absolute Gasteiger partial charge is 0.497 e. The average Bonchev–Trinajstić information content (AvgIpc) is 3.06. The molecule has 28 heavy (non-hydrogen) atoms. The lowest BCUT2D eigenvalue weighted by atomic mass is 9.90. The first kappa shape index (κ1) is 18.7. The molecule has 1 aliphatic heterocycles. The van der Waals surface area contributed by atoms with Crippen molar-refractivity contribution in [1.29, 1.82) is 0 Å². The Kier molecular flexibility index (Phi) is 4.72. The maximum atomic E-state index is 13.6. The van der Waals surface area contributed by atoms with E-state index in [0.717, 1.165) is 22.4 Å². The monoisotopic (exact) mass is 398 g/mol. The van der Waals surface area contributed by atoms with E-state index in [4.69, 9.17) is 9.26 Å². The van der Waals surface area contributed by atoms with Crippen LogP contribution in [0, 0.1) is 13.8 Å². The molecular weight excluding hydrogens is 376 g/mol. The second-order valence-electron chi connectivity index (χ2n) is 6.90. The maximum Gasteiger partial charge on any atom is 0.249 e. The van der Waals surface area contributed by atoms with Crippen molar-refractivity contribution in [2.24, 2.45) is 0 Å². The van der Waals surface area contributed by atoms with Gasteiger partial charge in [0.2, 0.25) is 10.0 Å². The number of methoxy groups -OCH3 is 1. The van der Waals surface area contributed by atoms with Gasteiger partial charge in [-0.05, 0) is 49.1 Å². The highest BCUT2D eigenvalue weighted by Crippen LogP contribution is 2.40. The lowest BCUT2D eigenvalue weighted by Crippen LogP contribution is -2.40. The van der Waals surface area contributed by atoms with Crippen molar-refractivity contribution in [3.63, 3.8) is 0 Å². The minimum atomic E-state index is -3.79. The number of ether oxygens (including phenoxy) is 1. The molecule has 0 amide bonds. The molecule has 2 aromatic carbocycles. The van der Waals surface area contributed by atoms with Crippen molar-refractivity contribution in [2.45, 2.75) is 31.2 Å². The number of aryl methyl sites for hydroxylation is 2. The number of rotatable bonds is 4. The van der Waals surface area contributed by atoms with E-state index in [9.17, 15) is 8.42 Å². The summed E-state index contributed by atoms with van der Waals surface area (Å²) in [7, 11) is -2.16. The van der Waals surface area contributed by atoms with E-state index < -0.39 is 16.1 Å². The van der Waals surface area contributed by atoms with Crippen molar-refractivity contribution in [3.8, 4) is 5.75 Å². The minimum Gasteiger partial charge on any atom is -0.497 e. The third kappa shape index (κ3) is 3.00. The second-order valence-corrected chi connectivity index (χ2v) is 8.72. The molecule has 0 bridgehead atoms. The lowest BCUT2D eigenvalue weighted by molar-refractivity contribution is 0.341. The Labute approximate surface area is 164 Å². The van der Waals surface area contributed by atoms with Crippen LogP contribution < -0.4 is 4.74 Å². The Morgan fingerprint density at radius 3 is 2.54 bits per heavy atom. The number of hydrogen-bond acceptors (Lipinski definition) is 5. The average molecular weight is 398 g/mol. The van der Waals surface area contributed by atoms with Gasteiger partial charge in [-0.25, -0.2) is 8.42 Å². The first-order valence-electron chi connectivity index (χ1n) is 9.10. The van der Waals surface area contributed by atoms with Gasteiger partial charge in [0.15, 0.2) is 5.76 Å². The molecule has 146 valence electrons. The predicted molar refractivity (Wildman–Crippen MR) is 105 cm³/mol. The van der Waals surface area contributed by atoms with Crippen molar-refractivity contribution in [2.75, 3.05) is 13.7 Å². The standard InChI is InChI=1S/C21H22N2O4S/c1-14-21(15(2)27-22-14)28(24,25)23-12-11-17-13-18(26-3)9-10-19(17)20(23)16-7-5-4-6-8-16/h4-10,13,20H,11-12H2,1-3H3. The zero-order valence-corrected chi connectivity index (χ0v) is 16.9. The summed E-state index contributed by atoms with van der Waals surface area (Å²) >= 11 is 0. The summed E-state index contributed by atoms with van der Waals surface area (Å²) < 4.78 is 39.3. The fraction of sp³-hybridized carbons (Fsp3) is 0.286. The van der Waals surface area contributed by atoms with Crippen LogP contribution >= 0.6 is 0 Å². The van der Waals surface area contributed by atoms with Gasteiger partial charge in [0.05, 0.1) is 13.2 Å². The van der Waals surface area contributed by atoms with Crippen LogP contribution in [0.1, 0.15) is 34.2 Å². The SMILES string of the molecule is COc1ccc2c(c1)CCN(S(=O)(=O)c1c(C)noc1C)C2c1ccccc1. The lowest BCUT2D eigenvalue weighted by Gasteiger charge is -2.36. The van der Waals surface area contributed by atoms with E-state index in [1.807, 2.05) is 48.5 Å². The number of hydrogen-bond donors (Lipinski definition) is 0. The summed E-state index contributed by atoms with van der Waals surface area (Å²) in [5.74, 6) is 1.08. The van der Waals surface area contributed by atoms with Crippen molar-refractivity contribution in [1.82, 2.24) is 9.46 Å². The van der Waals surface area contributed by atoms with E-state index in [1.165, 1.54) is 0 Å². The Hall–Kier alpha value is -2.64. The van der Waals surface area contributed by atoms with Gasteiger partial charge in [-0.15, -0.1) is 0 Å². The highest BCUT2D eigenvalue weighted by molar-refractivity contribution is 7.89. The van der Waals surface area contributed by atoms with Gasteiger partial charge >= 0.3 is 0 Å². The molecule has 1 atom stereocenters. The zero-order valence-electron chi connectivity index (χ0n) is 16.0. The summed E-state index contributed by atoms with van der Waals surface area (Å²) in [4.78, 5) is 0.158. The van der Waals surface area contributed by atoms with Crippen molar-refractivity contribution in [3.05, 3.63) is 76.7 Å². The molecule has 6 nitrogen and oxygen atoms in total. The van der Waals surface area contributed by atoms with Crippen LogP contribution in [-0.2, 0) is 16.4 Å². The van der Waals surface area contributed by atoms with Gasteiger partial charge in [0, 0.05) is 6.54 Å². The second kappa shape index (κ2) is 7.07. The normalized spacial score (nSPS) is 17.3. The van der Waals surface area contributed by atoms with Crippen LogP contribution in [0.15, 0.2) is 57.9 Å². The summed E-state index contributed by atoms with van der Waals surface area (Å²) in [6.07, 6.45) is 0.610. The molecule has 0 N–H and O–H groups in total. The summed E-state index contributed by atoms with van der Waals surface area (Å²) in [6.45, 7) is 3.66. The molecule has 4 rings (SSSR count). The first-order chi connectivity index (χ1) is 13.4. The Morgan fingerprint density at radius 1 is 1.14 bits per heavy atom. The molecule has 1 aromatic heterocycles. The quantitative estimate of drug-likeness (QED) is 0.671. The predicted octanol–water partition coefficient (Wildman–Crippen LogP) is 3.64. The van der Waals surface area contributed by atoms with Crippen LogP contribution in [0.2, 0.25) is 0 Å². The Balaban J connectivity index is 1.89. The Bertz CT molecular complexity index is 1090. The van der Waals surface area contributed by atoms with E-state index in [0.29, 0.717) is 24.4 Å². The van der Waals surface area contributed by atoms with Crippen LogP contribution in [0.5, 0.6) is 5.75 Å². The molecule has 0 fully saturated rings. The fourth-order valence-corrected chi connectivity index (χ4v) is 5.80. The molecule has 7 heteroatoms. The van der Waals surface area contributed by atoms with E-state index >= 15 is 0 Å². The third-order valence-electron chi connectivity index (χ3n) is 5.18. The van der Waals surface area contributed by atoms with Gasteiger partial charge in [-0.1, -0.05) is 41.6 Å². The van der Waals surface area contributed by atoms with Crippen LogP contribution in [0.4, 0.5) is 0 Å². The minimum absolute atomic E-state index is 0.158. The zero-order chi connectivity index (χ0) is 19.9. The molecule has 0 saturated heterocycles. The highest BCUT2D eigenvalue weighted by atomic mass is 32.2. The summed E-state index contributed by atoms with van der Waals surface area (Å²) in [6, 6.07) is 15.1. The summed E-state index contributed by atoms with van der Waals surface area (Å²) in [5, 5.41) is 3.84. The van der Waals surface area contributed by atoms with Crippen LogP contribution in [-0.4, -0.2) is 31.5 Å². The molecule has 1 unspecified atom stereocenters. The molecule has 0 aliphatic carbocycles. The number of sulfonamides is 1. The van der Waals surface area contributed by atoms with Gasteiger partial charge < -0.3 is 9.26 Å². The molecule has 0 saturated carbocycles. The van der Waals surface area contributed by atoms with Gasteiger partial charge in [-0.3, -0.25) is 0 Å². The van der Waals surface area contributed by atoms with Gasteiger partial charge in [0.25, 0.3) is 0 Å². The molecule has 3 aromatic rings. The first-order valence-corrected chi connectivity index (χ1v) is 10.5. The van der Waals surface area contributed by atoms with Gasteiger partial charge in [0.1, 0.15) is 16.3 Å². The molecular formula is C21H22N2O4S.